The smallest absolute Gasteiger partial charge is 0.233 e. The van der Waals surface area contributed by atoms with Gasteiger partial charge in [-0.3, -0.25) is 9.59 Å². The topological polar surface area (TPSA) is 76.7 Å². The summed E-state index contributed by atoms with van der Waals surface area (Å²) in [4.78, 5) is 24.5. The summed E-state index contributed by atoms with van der Waals surface area (Å²) in [7, 11) is 3.12. The molecule has 2 rings (SSSR count). The summed E-state index contributed by atoms with van der Waals surface area (Å²) in [6.07, 6.45) is -0.237. The molecule has 0 fully saturated rings. The number of anilines is 1. The Hall–Kier alpha value is -3.02. The highest BCUT2D eigenvalue weighted by Gasteiger charge is 2.15. The fourth-order valence-corrected chi connectivity index (χ4v) is 2.93. The average molecular weight is 384 g/mol. The van der Waals surface area contributed by atoms with Gasteiger partial charge in [0, 0.05) is 12.2 Å². The van der Waals surface area contributed by atoms with E-state index in [1.165, 1.54) is 0 Å². The van der Waals surface area contributed by atoms with E-state index in [0.717, 1.165) is 22.4 Å². The molecule has 0 atom stereocenters. The van der Waals surface area contributed by atoms with Crippen LogP contribution >= 0.6 is 0 Å². The summed E-state index contributed by atoms with van der Waals surface area (Å²) in [6.45, 7) is 6.38. The van der Waals surface area contributed by atoms with Crippen LogP contribution in [0.1, 0.15) is 42.9 Å². The van der Waals surface area contributed by atoms with E-state index in [1.807, 2.05) is 31.2 Å². The van der Waals surface area contributed by atoms with Crippen LogP contribution < -0.4 is 20.1 Å². The number of hydrogen-bond donors (Lipinski definition) is 2. The third-order valence-corrected chi connectivity index (χ3v) is 4.45. The lowest BCUT2D eigenvalue weighted by Crippen LogP contribution is -2.28. The van der Waals surface area contributed by atoms with Gasteiger partial charge in [0.1, 0.15) is 6.42 Å². The molecule has 150 valence electrons. The predicted octanol–water partition coefficient (Wildman–Crippen LogP) is 3.78. The molecule has 2 aromatic rings. The Labute approximate surface area is 166 Å². The number of rotatable bonds is 8. The second kappa shape index (κ2) is 9.78. The zero-order chi connectivity index (χ0) is 20.7. The molecule has 0 aromatic heterocycles. The zero-order valence-electron chi connectivity index (χ0n) is 17.1. The summed E-state index contributed by atoms with van der Waals surface area (Å²) in [5.74, 6) is 0.811. The molecule has 6 nitrogen and oxygen atoms in total. The minimum Gasteiger partial charge on any atom is -0.493 e. The monoisotopic (exact) mass is 384 g/mol. The van der Waals surface area contributed by atoms with Crippen molar-refractivity contribution in [1.29, 1.82) is 0 Å². The molecular formula is C22H28N2O4. The molecule has 0 aliphatic rings. The number of carbonyl (C=O) groups is 2. The van der Waals surface area contributed by atoms with Gasteiger partial charge in [-0.15, -0.1) is 0 Å². The van der Waals surface area contributed by atoms with E-state index >= 15 is 0 Å². The minimum atomic E-state index is -0.341. The molecule has 0 radical (unpaired) electrons. The number of benzene rings is 2. The molecule has 0 aliphatic carbocycles. The number of hydrogen-bond acceptors (Lipinski definition) is 4. The molecule has 0 unspecified atom stereocenters. The second-order valence-electron chi connectivity index (χ2n) is 6.88. The van der Waals surface area contributed by atoms with E-state index in [1.54, 1.807) is 26.4 Å². The van der Waals surface area contributed by atoms with Crippen LogP contribution in [0, 0.1) is 6.92 Å². The highest BCUT2D eigenvalue weighted by molar-refractivity contribution is 6.04. The van der Waals surface area contributed by atoms with Crippen LogP contribution in [0.3, 0.4) is 0 Å². The van der Waals surface area contributed by atoms with Crippen molar-refractivity contribution in [1.82, 2.24) is 5.32 Å². The van der Waals surface area contributed by atoms with Gasteiger partial charge < -0.3 is 20.1 Å². The van der Waals surface area contributed by atoms with Crippen LogP contribution in [0.2, 0.25) is 0 Å². The number of amides is 2. The SMILES string of the molecule is COc1ccc(CNC(=O)CC(=O)Nc2c(C)cccc2C(C)C)cc1OC. The van der Waals surface area contributed by atoms with Crippen LogP contribution in [0.5, 0.6) is 11.5 Å². The molecule has 2 aromatic carbocycles. The van der Waals surface area contributed by atoms with Gasteiger partial charge >= 0.3 is 0 Å². The highest BCUT2D eigenvalue weighted by Crippen LogP contribution is 2.28. The first-order chi connectivity index (χ1) is 13.3. The summed E-state index contributed by atoms with van der Waals surface area (Å²) < 4.78 is 10.5. The summed E-state index contributed by atoms with van der Waals surface area (Å²) in [5.41, 5.74) is 3.67. The van der Waals surface area contributed by atoms with Gasteiger partial charge in [-0.1, -0.05) is 38.1 Å². The Bertz CT molecular complexity index is 846. The Morgan fingerprint density at radius 3 is 2.36 bits per heavy atom. The van der Waals surface area contributed by atoms with Gasteiger partial charge in [0.15, 0.2) is 11.5 Å². The fourth-order valence-electron chi connectivity index (χ4n) is 2.93. The average Bonchev–Trinajstić information content (AvgIpc) is 2.67. The quantitative estimate of drug-likeness (QED) is 0.679. The number of methoxy groups -OCH3 is 2. The first-order valence-electron chi connectivity index (χ1n) is 9.22. The van der Waals surface area contributed by atoms with E-state index < -0.39 is 0 Å². The van der Waals surface area contributed by atoms with Gasteiger partial charge in [-0.05, 0) is 41.7 Å². The van der Waals surface area contributed by atoms with Crippen LogP contribution in [0.4, 0.5) is 5.69 Å². The molecule has 0 saturated heterocycles. The first kappa shape index (κ1) is 21.3. The van der Waals surface area contributed by atoms with Crippen molar-refractivity contribution in [3.63, 3.8) is 0 Å². The van der Waals surface area contributed by atoms with Gasteiger partial charge in [0.25, 0.3) is 0 Å². The third kappa shape index (κ3) is 5.49. The molecule has 0 bridgehead atoms. The Balaban J connectivity index is 1.94. The number of nitrogens with one attached hydrogen (secondary N) is 2. The normalized spacial score (nSPS) is 10.5. The van der Waals surface area contributed by atoms with E-state index in [9.17, 15) is 9.59 Å². The number of ether oxygens (including phenoxy) is 2. The second-order valence-corrected chi connectivity index (χ2v) is 6.88. The molecule has 0 spiro atoms. The summed E-state index contributed by atoms with van der Waals surface area (Å²) in [5, 5.41) is 5.65. The van der Waals surface area contributed by atoms with Crippen molar-refractivity contribution in [2.45, 2.75) is 39.7 Å². The van der Waals surface area contributed by atoms with Gasteiger partial charge in [0.05, 0.1) is 14.2 Å². The maximum atomic E-state index is 12.3. The third-order valence-electron chi connectivity index (χ3n) is 4.45. The molecular weight excluding hydrogens is 356 g/mol. The molecule has 0 heterocycles. The maximum Gasteiger partial charge on any atom is 0.233 e. The molecule has 28 heavy (non-hydrogen) atoms. The molecule has 0 saturated carbocycles. The van der Waals surface area contributed by atoms with Crippen LogP contribution in [0.25, 0.3) is 0 Å². The molecule has 2 N–H and O–H groups in total. The highest BCUT2D eigenvalue weighted by atomic mass is 16.5. The lowest BCUT2D eigenvalue weighted by Gasteiger charge is -2.16. The van der Waals surface area contributed by atoms with Crippen molar-refractivity contribution in [3.05, 3.63) is 53.1 Å². The minimum absolute atomic E-state index is 0.237. The van der Waals surface area contributed by atoms with Crippen LogP contribution in [-0.2, 0) is 16.1 Å². The van der Waals surface area contributed by atoms with E-state index in [4.69, 9.17) is 9.47 Å². The summed E-state index contributed by atoms with van der Waals surface area (Å²) in [6, 6.07) is 11.3. The number of aryl methyl sites for hydroxylation is 1. The molecule has 6 heteroatoms. The van der Waals surface area contributed by atoms with Crippen molar-refractivity contribution in [3.8, 4) is 11.5 Å². The van der Waals surface area contributed by atoms with Crippen LogP contribution in [-0.4, -0.2) is 26.0 Å². The standard InChI is InChI=1S/C22H28N2O4/c1-14(2)17-8-6-7-15(3)22(17)24-21(26)12-20(25)23-13-16-9-10-18(27-4)19(11-16)28-5/h6-11,14H,12-13H2,1-5H3,(H,23,25)(H,24,26). The molecule has 2 amide bonds. The molecule has 0 aliphatic heterocycles. The van der Waals surface area contributed by atoms with Crippen molar-refractivity contribution in [2.24, 2.45) is 0 Å². The maximum absolute atomic E-state index is 12.3. The zero-order valence-corrected chi connectivity index (χ0v) is 17.1. The number of carbonyl (C=O) groups excluding carboxylic acids is 2. The lowest BCUT2D eigenvalue weighted by atomic mass is 9.98. The van der Waals surface area contributed by atoms with Crippen molar-refractivity contribution < 1.29 is 19.1 Å². The Morgan fingerprint density at radius 2 is 1.71 bits per heavy atom. The van der Waals surface area contributed by atoms with E-state index in [2.05, 4.69) is 24.5 Å². The van der Waals surface area contributed by atoms with E-state index in [0.29, 0.717) is 18.0 Å². The first-order valence-corrected chi connectivity index (χ1v) is 9.22. The number of para-hydroxylation sites is 1. The lowest BCUT2D eigenvalue weighted by molar-refractivity contribution is -0.126. The van der Waals surface area contributed by atoms with Gasteiger partial charge in [0.2, 0.25) is 11.8 Å². The fraction of sp³-hybridized carbons (Fsp3) is 0.364. The van der Waals surface area contributed by atoms with Crippen LogP contribution in [0.15, 0.2) is 36.4 Å². The predicted molar refractivity (Wildman–Crippen MR) is 110 cm³/mol. The Kier molecular flexibility index (Phi) is 7.44. The van der Waals surface area contributed by atoms with Gasteiger partial charge in [-0.2, -0.15) is 0 Å². The Morgan fingerprint density at radius 1 is 1.00 bits per heavy atom. The van der Waals surface area contributed by atoms with E-state index in [-0.39, 0.29) is 24.2 Å². The summed E-state index contributed by atoms with van der Waals surface area (Å²) >= 11 is 0. The van der Waals surface area contributed by atoms with Crippen molar-refractivity contribution >= 4 is 17.5 Å². The largest absolute Gasteiger partial charge is 0.493 e. The van der Waals surface area contributed by atoms with Crippen molar-refractivity contribution in [2.75, 3.05) is 19.5 Å². The van der Waals surface area contributed by atoms with Gasteiger partial charge in [-0.25, -0.2) is 0 Å².